The SMILES string of the molecule is CC(=O)O[C@@H](CNS(=O)(=O)OCC(Cl)(Cl)Cl)c1ccc(Br)cc1. The molecule has 6 nitrogen and oxygen atoms in total. The van der Waals surface area contributed by atoms with E-state index in [0.717, 1.165) is 4.47 Å². The molecule has 0 unspecified atom stereocenters. The zero-order valence-corrected chi connectivity index (χ0v) is 16.4. The summed E-state index contributed by atoms with van der Waals surface area (Å²) in [6.07, 6.45) is -0.827. The van der Waals surface area contributed by atoms with Gasteiger partial charge in [-0.2, -0.15) is 13.1 Å². The van der Waals surface area contributed by atoms with E-state index in [1.807, 2.05) is 0 Å². The first kappa shape index (κ1) is 21.0. The number of carbonyl (C=O) groups excluding carboxylic acids is 1. The maximum atomic E-state index is 11.7. The van der Waals surface area contributed by atoms with E-state index in [1.54, 1.807) is 24.3 Å². The fourth-order valence-electron chi connectivity index (χ4n) is 1.47. The van der Waals surface area contributed by atoms with Crippen LogP contribution in [0.15, 0.2) is 28.7 Å². The van der Waals surface area contributed by atoms with Crippen LogP contribution in [0, 0.1) is 0 Å². The second-order valence-electron chi connectivity index (χ2n) is 4.33. The maximum absolute atomic E-state index is 11.7. The molecule has 0 heterocycles. The van der Waals surface area contributed by atoms with E-state index in [9.17, 15) is 13.2 Å². The molecule has 1 N–H and O–H groups in total. The van der Waals surface area contributed by atoms with Crippen molar-refractivity contribution in [2.24, 2.45) is 0 Å². The lowest BCUT2D eigenvalue weighted by atomic mass is 10.1. The minimum Gasteiger partial charge on any atom is -0.456 e. The van der Waals surface area contributed by atoms with Crippen molar-refractivity contribution in [2.75, 3.05) is 13.2 Å². The highest BCUT2D eigenvalue weighted by Crippen LogP contribution is 2.26. The number of halogens is 4. The van der Waals surface area contributed by atoms with Gasteiger partial charge in [-0.3, -0.25) is 8.98 Å². The highest BCUT2D eigenvalue weighted by molar-refractivity contribution is 9.10. The Hall–Kier alpha value is -0.0900. The Balaban J connectivity index is 2.74. The Morgan fingerprint density at radius 1 is 1.30 bits per heavy atom. The zero-order valence-electron chi connectivity index (χ0n) is 11.8. The Morgan fingerprint density at radius 3 is 2.35 bits per heavy atom. The van der Waals surface area contributed by atoms with Crippen molar-refractivity contribution in [3.63, 3.8) is 0 Å². The van der Waals surface area contributed by atoms with Gasteiger partial charge in [0.1, 0.15) is 12.7 Å². The van der Waals surface area contributed by atoms with Gasteiger partial charge >= 0.3 is 16.3 Å². The summed E-state index contributed by atoms with van der Waals surface area (Å²) in [5.41, 5.74) is 0.604. The standard InChI is InChI=1S/C12H13BrCl3NO5S/c1-8(18)22-11(9-2-4-10(13)5-3-9)6-17-23(19,20)21-7-12(14,15)16/h2-5,11,17H,6-7H2,1H3/t11-/m0/s1. The fourth-order valence-corrected chi connectivity index (χ4v) is 2.86. The van der Waals surface area contributed by atoms with E-state index in [1.165, 1.54) is 6.92 Å². The Kier molecular flexibility index (Phi) is 8.06. The highest BCUT2D eigenvalue weighted by Gasteiger charge is 2.25. The molecular formula is C12H13BrCl3NO5S. The van der Waals surface area contributed by atoms with Gasteiger partial charge in [0.25, 0.3) is 0 Å². The van der Waals surface area contributed by atoms with Crippen LogP contribution in [0.5, 0.6) is 0 Å². The average molecular weight is 470 g/mol. The lowest BCUT2D eigenvalue weighted by Gasteiger charge is -2.18. The number of hydrogen-bond acceptors (Lipinski definition) is 5. The van der Waals surface area contributed by atoms with E-state index < -0.39 is 32.8 Å². The van der Waals surface area contributed by atoms with Crippen LogP contribution < -0.4 is 4.72 Å². The Labute approximate surface area is 157 Å². The van der Waals surface area contributed by atoms with E-state index >= 15 is 0 Å². The summed E-state index contributed by atoms with van der Waals surface area (Å²) < 4.78 is 34.1. The minimum absolute atomic E-state index is 0.233. The summed E-state index contributed by atoms with van der Waals surface area (Å²) in [4.78, 5) is 11.2. The molecule has 0 radical (unpaired) electrons. The molecule has 0 fully saturated rings. The summed E-state index contributed by atoms with van der Waals surface area (Å²) in [5, 5.41) is 0. The molecule has 130 valence electrons. The average Bonchev–Trinajstić information content (AvgIpc) is 2.41. The van der Waals surface area contributed by atoms with Crippen LogP contribution in [0.4, 0.5) is 0 Å². The lowest BCUT2D eigenvalue weighted by Crippen LogP contribution is -2.33. The van der Waals surface area contributed by atoms with Crippen molar-refractivity contribution in [2.45, 2.75) is 16.8 Å². The third-order valence-electron chi connectivity index (χ3n) is 2.37. The highest BCUT2D eigenvalue weighted by atomic mass is 79.9. The van der Waals surface area contributed by atoms with Gasteiger partial charge in [-0.25, -0.2) is 0 Å². The number of ether oxygens (including phenoxy) is 1. The van der Waals surface area contributed by atoms with E-state index in [2.05, 4.69) is 24.8 Å². The zero-order chi connectivity index (χ0) is 17.7. The number of rotatable bonds is 7. The molecule has 0 amide bonds. The molecule has 0 saturated heterocycles. The molecule has 1 aromatic rings. The fraction of sp³-hybridized carbons (Fsp3) is 0.417. The van der Waals surface area contributed by atoms with Gasteiger partial charge in [0.15, 0.2) is 0 Å². The van der Waals surface area contributed by atoms with Crippen molar-refractivity contribution in [3.8, 4) is 0 Å². The molecule has 0 aliphatic rings. The number of carbonyl (C=O) groups is 1. The number of benzene rings is 1. The minimum atomic E-state index is -4.17. The van der Waals surface area contributed by atoms with Crippen LogP contribution in [0.1, 0.15) is 18.6 Å². The van der Waals surface area contributed by atoms with Crippen molar-refractivity contribution < 1.29 is 22.1 Å². The molecule has 1 atom stereocenters. The Bertz CT molecular complexity index is 633. The molecule has 0 saturated carbocycles. The van der Waals surface area contributed by atoms with Crippen molar-refractivity contribution >= 4 is 67.0 Å². The molecule has 23 heavy (non-hydrogen) atoms. The van der Waals surface area contributed by atoms with Crippen molar-refractivity contribution in [1.29, 1.82) is 0 Å². The van der Waals surface area contributed by atoms with Gasteiger partial charge in [-0.05, 0) is 17.7 Å². The first-order chi connectivity index (χ1) is 10.5. The topological polar surface area (TPSA) is 81.7 Å². The predicted octanol–water partition coefficient (Wildman–Crippen LogP) is 3.27. The molecular weight excluding hydrogens is 456 g/mol. The number of esters is 1. The molecule has 0 bridgehead atoms. The third kappa shape index (κ3) is 9.09. The van der Waals surface area contributed by atoms with Gasteiger partial charge in [0, 0.05) is 11.4 Å². The van der Waals surface area contributed by atoms with Crippen LogP contribution in [-0.4, -0.2) is 31.3 Å². The van der Waals surface area contributed by atoms with Crippen molar-refractivity contribution in [3.05, 3.63) is 34.3 Å². The van der Waals surface area contributed by atoms with Gasteiger partial charge in [0.2, 0.25) is 3.79 Å². The number of nitrogens with one attached hydrogen (secondary N) is 1. The second-order valence-corrected chi connectivity index (χ2v) is 9.19. The van der Waals surface area contributed by atoms with Crippen LogP contribution in [-0.2, 0) is 24.0 Å². The van der Waals surface area contributed by atoms with E-state index in [-0.39, 0.29) is 6.54 Å². The van der Waals surface area contributed by atoms with Gasteiger partial charge in [-0.1, -0.05) is 62.9 Å². The maximum Gasteiger partial charge on any atom is 0.336 e. The summed E-state index contributed by atoms with van der Waals surface area (Å²) in [6.45, 7) is 0.340. The molecule has 0 aromatic heterocycles. The monoisotopic (exact) mass is 467 g/mol. The van der Waals surface area contributed by atoms with Crippen LogP contribution in [0.3, 0.4) is 0 Å². The largest absolute Gasteiger partial charge is 0.456 e. The van der Waals surface area contributed by atoms with Gasteiger partial charge in [-0.15, -0.1) is 0 Å². The smallest absolute Gasteiger partial charge is 0.336 e. The summed E-state index contributed by atoms with van der Waals surface area (Å²) in [7, 11) is -4.17. The molecule has 1 rings (SSSR count). The third-order valence-corrected chi connectivity index (χ3v) is 4.18. The summed E-state index contributed by atoms with van der Waals surface area (Å²) in [5.74, 6) is -0.556. The van der Waals surface area contributed by atoms with Crippen LogP contribution >= 0.6 is 50.7 Å². The second kappa shape index (κ2) is 8.84. The summed E-state index contributed by atoms with van der Waals surface area (Å²) in [6, 6.07) is 6.85. The molecule has 0 aliphatic carbocycles. The molecule has 1 aromatic carbocycles. The molecule has 0 spiro atoms. The first-order valence-corrected chi connectivity index (χ1v) is 9.45. The predicted molar refractivity (Wildman–Crippen MR) is 91.8 cm³/mol. The van der Waals surface area contributed by atoms with Crippen molar-refractivity contribution in [1.82, 2.24) is 4.72 Å². The quantitative estimate of drug-likeness (QED) is 0.490. The number of hydrogen-bond donors (Lipinski definition) is 1. The van der Waals surface area contributed by atoms with E-state index in [0.29, 0.717) is 5.56 Å². The normalized spacial score (nSPS) is 13.6. The summed E-state index contributed by atoms with van der Waals surface area (Å²) >= 11 is 19.5. The first-order valence-electron chi connectivity index (χ1n) is 6.12. The van der Waals surface area contributed by atoms with Gasteiger partial charge in [0.05, 0.1) is 6.54 Å². The van der Waals surface area contributed by atoms with Crippen LogP contribution in [0.2, 0.25) is 0 Å². The van der Waals surface area contributed by atoms with Gasteiger partial charge < -0.3 is 4.74 Å². The Morgan fingerprint density at radius 2 is 1.87 bits per heavy atom. The van der Waals surface area contributed by atoms with E-state index in [4.69, 9.17) is 39.5 Å². The lowest BCUT2D eigenvalue weighted by molar-refractivity contribution is -0.146. The number of alkyl halides is 3. The molecule has 0 aliphatic heterocycles. The van der Waals surface area contributed by atoms with Crippen LogP contribution in [0.25, 0.3) is 0 Å². The molecule has 11 heteroatoms.